The SMILES string of the molecule is CC=C1CN2C3CC1C1(C(=O)OC)C2CC2(c4ccccc4N(C)C32)C1OC(=O)c1ccccc1. The maximum Gasteiger partial charge on any atom is 0.338 e. The second kappa shape index (κ2) is 6.97. The van der Waals surface area contributed by atoms with E-state index in [0.717, 1.165) is 19.4 Å². The summed E-state index contributed by atoms with van der Waals surface area (Å²) in [6.45, 7) is 2.92. The highest BCUT2D eigenvalue weighted by atomic mass is 16.6. The Morgan fingerprint density at radius 2 is 1.83 bits per heavy atom. The van der Waals surface area contributed by atoms with Crippen molar-refractivity contribution in [2.24, 2.45) is 11.3 Å². The molecule has 6 nitrogen and oxygen atoms in total. The minimum Gasteiger partial charge on any atom is -0.468 e. The smallest absolute Gasteiger partial charge is 0.338 e. The number of likely N-dealkylation sites (N-methyl/N-ethyl adjacent to an activating group) is 1. The van der Waals surface area contributed by atoms with Crippen LogP contribution in [0.3, 0.4) is 0 Å². The third-order valence-electron chi connectivity index (χ3n) is 9.92. The Kier molecular flexibility index (Phi) is 4.22. The van der Waals surface area contributed by atoms with Crippen molar-refractivity contribution in [3.8, 4) is 0 Å². The van der Waals surface area contributed by atoms with E-state index in [2.05, 4.69) is 54.1 Å². The Morgan fingerprint density at radius 1 is 1.09 bits per heavy atom. The Bertz CT molecular complexity index is 1270. The molecule has 5 fully saturated rings. The lowest BCUT2D eigenvalue weighted by atomic mass is 9.58. The van der Waals surface area contributed by atoms with Gasteiger partial charge in [0.15, 0.2) is 0 Å². The molecule has 0 aromatic heterocycles. The van der Waals surface area contributed by atoms with Crippen LogP contribution in [0.25, 0.3) is 0 Å². The number of anilines is 1. The number of fused-ring (bicyclic) bond motifs is 2. The minimum absolute atomic E-state index is 0.000870. The van der Waals surface area contributed by atoms with Crippen molar-refractivity contribution < 1.29 is 19.1 Å². The first-order valence-electron chi connectivity index (χ1n) is 12.6. The Balaban J connectivity index is 1.50. The maximum atomic E-state index is 14.0. The molecule has 8 rings (SSSR count). The van der Waals surface area contributed by atoms with Crippen molar-refractivity contribution in [3.63, 3.8) is 0 Å². The van der Waals surface area contributed by atoms with E-state index in [1.54, 1.807) is 12.1 Å². The summed E-state index contributed by atoms with van der Waals surface area (Å²) in [4.78, 5) is 32.6. The number of piperidine rings is 4. The van der Waals surface area contributed by atoms with Crippen molar-refractivity contribution in [1.82, 2.24) is 4.90 Å². The summed E-state index contributed by atoms with van der Waals surface area (Å²) in [6, 6.07) is 18.0. The molecule has 180 valence electrons. The second-order valence-electron chi connectivity index (χ2n) is 10.8. The van der Waals surface area contributed by atoms with Gasteiger partial charge in [-0.3, -0.25) is 9.69 Å². The monoisotopic (exact) mass is 470 g/mol. The van der Waals surface area contributed by atoms with Gasteiger partial charge in [0.2, 0.25) is 0 Å². The van der Waals surface area contributed by atoms with E-state index in [9.17, 15) is 9.59 Å². The molecule has 1 aliphatic carbocycles. The summed E-state index contributed by atoms with van der Waals surface area (Å²) in [5.41, 5.74) is 2.75. The van der Waals surface area contributed by atoms with E-state index >= 15 is 0 Å². The van der Waals surface area contributed by atoms with Crippen LogP contribution in [0.2, 0.25) is 0 Å². The largest absolute Gasteiger partial charge is 0.468 e. The van der Waals surface area contributed by atoms with Gasteiger partial charge in [-0.05, 0) is 43.5 Å². The molecular weight excluding hydrogens is 440 g/mol. The van der Waals surface area contributed by atoms with Gasteiger partial charge in [-0.1, -0.05) is 48.0 Å². The van der Waals surface area contributed by atoms with Crippen LogP contribution in [0, 0.1) is 11.3 Å². The van der Waals surface area contributed by atoms with Crippen LogP contribution < -0.4 is 4.90 Å². The number of hydrogen-bond acceptors (Lipinski definition) is 6. The lowest BCUT2D eigenvalue weighted by molar-refractivity contribution is -0.180. The first-order chi connectivity index (χ1) is 17.0. The van der Waals surface area contributed by atoms with Crippen LogP contribution in [-0.2, 0) is 19.7 Å². The normalized spacial score (nSPS) is 40.5. The highest BCUT2D eigenvalue weighted by Crippen LogP contribution is 2.73. The van der Waals surface area contributed by atoms with Crippen LogP contribution in [0.5, 0.6) is 0 Å². The lowest BCUT2D eigenvalue weighted by Gasteiger charge is -2.61. The molecule has 6 aliphatic rings. The zero-order valence-electron chi connectivity index (χ0n) is 20.3. The molecule has 6 bridgehead atoms. The zero-order valence-corrected chi connectivity index (χ0v) is 20.3. The van der Waals surface area contributed by atoms with Crippen molar-refractivity contribution in [3.05, 3.63) is 77.4 Å². The van der Waals surface area contributed by atoms with Crippen LogP contribution in [-0.4, -0.2) is 61.8 Å². The summed E-state index contributed by atoms with van der Waals surface area (Å²) < 4.78 is 12.2. The highest BCUT2D eigenvalue weighted by molar-refractivity contribution is 5.91. The Morgan fingerprint density at radius 3 is 2.57 bits per heavy atom. The quantitative estimate of drug-likeness (QED) is 0.505. The molecule has 8 unspecified atom stereocenters. The fraction of sp³-hybridized carbons (Fsp3) is 0.448. The molecule has 4 saturated heterocycles. The topological polar surface area (TPSA) is 59.1 Å². The Labute approximate surface area is 205 Å². The Hall–Kier alpha value is -3.12. The van der Waals surface area contributed by atoms with E-state index in [1.165, 1.54) is 23.9 Å². The summed E-state index contributed by atoms with van der Waals surface area (Å²) in [6.07, 6.45) is 3.20. The third kappa shape index (κ3) is 2.25. The molecule has 1 saturated carbocycles. The molecule has 1 spiro atoms. The van der Waals surface area contributed by atoms with Gasteiger partial charge in [0.1, 0.15) is 11.5 Å². The number of benzene rings is 2. The molecule has 2 aromatic carbocycles. The van der Waals surface area contributed by atoms with Crippen molar-refractivity contribution in [2.75, 3.05) is 25.6 Å². The molecule has 2 aromatic rings. The van der Waals surface area contributed by atoms with Crippen LogP contribution in [0.1, 0.15) is 35.7 Å². The maximum absolute atomic E-state index is 14.0. The van der Waals surface area contributed by atoms with Gasteiger partial charge in [0.25, 0.3) is 0 Å². The van der Waals surface area contributed by atoms with Gasteiger partial charge < -0.3 is 14.4 Å². The van der Waals surface area contributed by atoms with Gasteiger partial charge in [0, 0.05) is 37.3 Å². The van der Waals surface area contributed by atoms with Crippen molar-refractivity contribution in [1.29, 1.82) is 0 Å². The number of carbonyl (C=O) groups excluding carboxylic acids is 2. The fourth-order valence-corrected chi connectivity index (χ4v) is 8.89. The van der Waals surface area contributed by atoms with Crippen LogP contribution >= 0.6 is 0 Å². The molecular formula is C29H30N2O4. The number of esters is 2. The zero-order chi connectivity index (χ0) is 24.1. The predicted molar refractivity (Wildman–Crippen MR) is 131 cm³/mol. The van der Waals surface area contributed by atoms with Gasteiger partial charge in [-0.25, -0.2) is 4.79 Å². The molecule has 0 amide bonds. The molecule has 0 radical (unpaired) electrons. The molecule has 5 heterocycles. The van der Waals surface area contributed by atoms with E-state index in [-0.39, 0.29) is 36.0 Å². The van der Waals surface area contributed by atoms with E-state index in [1.807, 2.05) is 18.2 Å². The molecule has 35 heavy (non-hydrogen) atoms. The third-order valence-corrected chi connectivity index (χ3v) is 9.92. The number of carbonyl (C=O) groups is 2. The average molecular weight is 471 g/mol. The lowest BCUT2D eigenvalue weighted by Crippen LogP contribution is -2.71. The van der Waals surface area contributed by atoms with Crippen LogP contribution in [0.15, 0.2) is 66.2 Å². The van der Waals surface area contributed by atoms with Crippen molar-refractivity contribution in [2.45, 2.75) is 49.4 Å². The van der Waals surface area contributed by atoms with Gasteiger partial charge in [0.05, 0.1) is 24.1 Å². The number of ether oxygens (including phenoxy) is 2. The number of methoxy groups -OCH3 is 1. The van der Waals surface area contributed by atoms with Gasteiger partial charge in [-0.15, -0.1) is 0 Å². The summed E-state index contributed by atoms with van der Waals surface area (Å²) in [5, 5.41) is 0. The number of para-hydroxylation sites is 1. The summed E-state index contributed by atoms with van der Waals surface area (Å²) in [7, 11) is 3.64. The van der Waals surface area contributed by atoms with Gasteiger partial charge >= 0.3 is 11.9 Å². The first-order valence-corrected chi connectivity index (χ1v) is 12.6. The fourth-order valence-electron chi connectivity index (χ4n) is 8.89. The standard InChI is InChI=1S/C29H30N2O4/c1-4-17-16-31-22-14-20(17)29(27(33)34-3)23(31)15-28(19-12-8-9-13-21(19)30(2)24(22)28)26(29)35-25(32)18-10-6-5-7-11-18/h4-13,20,22-24,26H,14-16H2,1-3H3. The number of rotatable bonds is 3. The number of hydrogen-bond donors (Lipinski definition) is 0. The van der Waals surface area contributed by atoms with Crippen molar-refractivity contribution >= 4 is 17.6 Å². The summed E-state index contributed by atoms with van der Waals surface area (Å²) >= 11 is 0. The second-order valence-corrected chi connectivity index (χ2v) is 10.8. The highest BCUT2D eigenvalue weighted by Gasteiger charge is 2.84. The molecule has 5 aliphatic heterocycles. The van der Waals surface area contributed by atoms with E-state index in [0.29, 0.717) is 5.56 Å². The minimum atomic E-state index is -0.928. The molecule has 0 N–H and O–H groups in total. The van der Waals surface area contributed by atoms with E-state index < -0.39 is 16.9 Å². The number of nitrogens with zero attached hydrogens (tertiary/aromatic N) is 2. The van der Waals surface area contributed by atoms with Gasteiger partial charge in [-0.2, -0.15) is 0 Å². The number of allylic oxidation sites excluding steroid dienone is 1. The molecule has 6 heteroatoms. The molecule has 8 atom stereocenters. The average Bonchev–Trinajstić information content (AvgIpc) is 3.30. The van der Waals surface area contributed by atoms with E-state index in [4.69, 9.17) is 9.47 Å². The summed E-state index contributed by atoms with van der Waals surface area (Å²) in [5.74, 6) is -0.618. The van der Waals surface area contributed by atoms with Crippen LogP contribution in [0.4, 0.5) is 5.69 Å². The predicted octanol–water partition coefficient (Wildman–Crippen LogP) is 3.56. The first kappa shape index (κ1) is 21.2.